The van der Waals surface area contributed by atoms with Gasteiger partial charge in [-0.15, -0.1) is 0 Å². The third kappa shape index (κ3) is 4.72. The topological polar surface area (TPSA) is 59.3 Å². The van der Waals surface area contributed by atoms with E-state index in [0.717, 1.165) is 16.7 Å². The second-order valence-electron chi connectivity index (χ2n) is 5.00. The van der Waals surface area contributed by atoms with E-state index in [4.69, 9.17) is 14.7 Å². The molecule has 0 heterocycles. The Kier molecular flexibility index (Phi) is 5.54. The quantitative estimate of drug-likeness (QED) is 0.480. The average Bonchev–Trinajstić information content (AvgIpc) is 2.59. The molecular formula is C19H17NO3. The van der Waals surface area contributed by atoms with Crippen LogP contribution >= 0.6 is 0 Å². The lowest BCUT2D eigenvalue weighted by atomic mass is 10.1. The monoisotopic (exact) mass is 307 g/mol. The molecule has 2 aromatic rings. The zero-order valence-electron chi connectivity index (χ0n) is 13.1. The minimum Gasteiger partial charge on any atom is -0.497 e. The summed E-state index contributed by atoms with van der Waals surface area (Å²) in [5, 5.41) is 9.15. The molecule has 23 heavy (non-hydrogen) atoms. The summed E-state index contributed by atoms with van der Waals surface area (Å²) in [7, 11) is 1.58. The van der Waals surface area contributed by atoms with E-state index in [2.05, 4.69) is 0 Å². The minimum atomic E-state index is -0.635. The molecule has 0 unspecified atom stereocenters. The first-order valence-corrected chi connectivity index (χ1v) is 7.11. The van der Waals surface area contributed by atoms with Gasteiger partial charge in [-0.05, 0) is 36.3 Å². The molecule has 4 nitrogen and oxygen atoms in total. The van der Waals surface area contributed by atoms with Crippen LogP contribution in [0.1, 0.15) is 16.7 Å². The Morgan fingerprint density at radius 3 is 2.35 bits per heavy atom. The van der Waals surface area contributed by atoms with E-state index in [9.17, 15) is 4.79 Å². The van der Waals surface area contributed by atoms with Crippen molar-refractivity contribution in [3.8, 4) is 11.8 Å². The molecule has 0 atom stereocenters. The Bertz CT molecular complexity index is 738. The van der Waals surface area contributed by atoms with E-state index >= 15 is 0 Å². The third-order valence-corrected chi connectivity index (χ3v) is 3.26. The second kappa shape index (κ2) is 7.81. The normalized spacial score (nSPS) is 10.7. The van der Waals surface area contributed by atoms with Crippen LogP contribution in [0.25, 0.3) is 6.08 Å². The number of methoxy groups -OCH3 is 1. The lowest BCUT2D eigenvalue weighted by Gasteiger charge is -2.05. The first-order valence-electron chi connectivity index (χ1n) is 7.11. The molecule has 0 aliphatic rings. The van der Waals surface area contributed by atoms with Gasteiger partial charge in [0.15, 0.2) is 0 Å². The molecule has 0 radical (unpaired) electrons. The summed E-state index contributed by atoms with van der Waals surface area (Å²) in [6, 6.07) is 16.6. The zero-order chi connectivity index (χ0) is 16.7. The van der Waals surface area contributed by atoms with E-state index in [1.54, 1.807) is 31.4 Å². The molecule has 0 aliphatic carbocycles. The third-order valence-electron chi connectivity index (χ3n) is 3.26. The zero-order valence-corrected chi connectivity index (χ0v) is 13.1. The molecular weight excluding hydrogens is 290 g/mol. The molecule has 0 bridgehead atoms. The van der Waals surface area contributed by atoms with Crippen molar-refractivity contribution >= 4 is 12.0 Å². The lowest BCUT2D eigenvalue weighted by molar-refractivity contribution is -0.139. The van der Waals surface area contributed by atoms with Gasteiger partial charge >= 0.3 is 5.97 Å². The molecule has 0 fully saturated rings. The second-order valence-corrected chi connectivity index (χ2v) is 5.00. The minimum absolute atomic E-state index is 0.0396. The van der Waals surface area contributed by atoms with Crippen LogP contribution in [0.4, 0.5) is 0 Å². The fourth-order valence-corrected chi connectivity index (χ4v) is 1.91. The molecule has 4 heteroatoms. The van der Waals surface area contributed by atoms with E-state index in [0.29, 0.717) is 5.75 Å². The van der Waals surface area contributed by atoms with Crippen molar-refractivity contribution in [3.63, 3.8) is 0 Å². The van der Waals surface area contributed by atoms with Crippen molar-refractivity contribution in [1.82, 2.24) is 0 Å². The molecule has 0 aromatic heterocycles. The summed E-state index contributed by atoms with van der Waals surface area (Å²) >= 11 is 0. The lowest BCUT2D eigenvalue weighted by Crippen LogP contribution is -2.06. The van der Waals surface area contributed by atoms with Crippen molar-refractivity contribution in [3.05, 3.63) is 70.8 Å². The van der Waals surface area contributed by atoms with Crippen LogP contribution in [0, 0.1) is 18.3 Å². The highest BCUT2D eigenvalue weighted by molar-refractivity contribution is 5.97. The standard InChI is InChI=1S/C19H17NO3/c1-14-3-5-16(6-4-14)13-23-19(21)17(12-20)11-15-7-9-18(22-2)10-8-15/h3-11H,13H2,1-2H3/b17-11+. The van der Waals surface area contributed by atoms with Crippen LogP contribution in [0.2, 0.25) is 0 Å². The molecule has 0 saturated heterocycles. The van der Waals surface area contributed by atoms with E-state index in [-0.39, 0.29) is 12.2 Å². The Balaban J connectivity index is 2.04. The van der Waals surface area contributed by atoms with Crippen LogP contribution in [0.3, 0.4) is 0 Å². The number of esters is 1. The Labute approximate surface area is 135 Å². The highest BCUT2D eigenvalue weighted by atomic mass is 16.5. The number of nitrogens with zero attached hydrogens (tertiary/aromatic N) is 1. The largest absolute Gasteiger partial charge is 0.497 e. The number of benzene rings is 2. The fraction of sp³-hybridized carbons (Fsp3) is 0.158. The molecule has 116 valence electrons. The first kappa shape index (κ1) is 16.3. The van der Waals surface area contributed by atoms with Gasteiger partial charge in [-0.3, -0.25) is 0 Å². The van der Waals surface area contributed by atoms with Crippen LogP contribution < -0.4 is 4.74 Å². The van der Waals surface area contributed by atoms with Crippen LogP contribution in [-0.2, 0) is 16.1 Å². The van der Waals surface area contributed by atoms with E-state index in [1.165, 1.54) is 6.08 Å². The maximum atomic E-state index is 12.0. The summed E-state index contributed by atoms with van der Waals surface area (Å²) in [6.45, 7) is 2.13. The van der Waals surface area contributed by atoms with Gasteiger partial charge in [0.1, 0.15) is 24.0 Å². The van der Waals surface area contributed by atoms with Gasteiger partial charge in [-0.2, -0.15) is 5.26 Å². The van der Waals surface area contributed by atoms with Crippen molar-refractivity contribution in [2.45, 2.75) is 13.5 Å². The predicted octanol–water partition coefficient (Wildman–Crippen LogP) is 3.65. The highest BCUT2D eigenvalue weighted by Gasteiger charge is 2.11. The number of nitriles is 1. The molecule has 0 N–H and O–H groups in total. The maximum absolute atomic E-state index is 12.0. The van der Waals surface area contributed by atoms with Gasteiger partial charge in [0.05, 0.1) is 7.11 Å². The molecule has 0 aliphatic heterocycles. The summed E-state index contributed by atoms with van der Waals surface area (Å²) < 4.78 is 10.3. The van der Waals surface area contributed by atoms with Gasteiger partial charge in [-0.25, -0.2) is 4.79 Å². The van der Waals surface area contributed by atoms with E-state index < -0.39 is 5.97 Å². The number of hydrogen-bond donors (Lipinski definition) is 0. The average molecular weight is 307 g/mol. The number of carbonyl (C=O) groups is 1. The molecule has 0 spiro atoms. The Morgan fingerprint density at radius 1 is 1.13 bits per heavy atom. The van der Waals surface area contributed by atoms with Crippen molar-refractivity contribution in [2.75, 3.05) is 7.11 Å². The summed E-state index contributed by atoms with van der Waals surface area (Å²) in [4.78, 5) is 12.0. The summed E-state index contributed by atoms with van der Waals surface area (Å²) in [5.41, 5.74) is 2.71. The molecule has 2 aromatic carbocycles. The van der Waals surface area contributed by atoms with Gasteiger partial charge in [0.2, 0.25) is 0 Å². The smallest absolute Gasteiger partial charge is 0.349 e. The van der Waals surface area contributed by atoms with E-state index in [1.807, 2.05) is 37.3 Å². The van der Waals surface area contributed by atoms with Gasteiger partial charge in [-0.1, -0.05) is 42.0 Å². The van der Waals surface area contributed by atoms with Crippen molar-refractivity contribution < 1.29 is 14.3 Å². The van der Waals surface area contributed by atoms with Gasteiger partial charge in [0.25, 0.3) is 0 Å². The Morgan fingerprint density at radius 2 is 1.78 bits per heavy atom. The van der Waals surface area contributed by atoms with Crippen LogP contribution in [-0.4, -0.2) is 13.1 Å². The predicted molar refractivity (Wildman–Crippen MR) is 87.6 cm³/mol. The van der Waals surface area contributed by atoms with Gasteiger partial charge < -0.3 is 9.47 Å². The fourth-order valence-electron chi connectivity index (χ4n) is 1.91. The summed E-state index contributed by atoms with van der Waals surface area (Å²) in [5.74, 6) is 0.0755. The first-order chi connectivity index (χ1) is 11.1. The number of aryl methyl sites for hydroxylation is 1. The highest BCUT2D eigenvalue weighted by Crippen LogP contribution is 2.15. The maximum Gasteiger partial charge on any atom is 0.349 e. The number of rotatable bonds is 5. The molecule has 0 saturated carbocycles. The SMILES string of the molecule is COc1ccc(/C=C(\C#N)C(=O)OCc2ccc(C)cc2)cc1. The van der Waals surface area contributed by atoms with Crippen molar-refractivity contribution in [2.24, 2.45) is 0 Å². The van der Waals surface area contributed by atoms with Crippen LogP contribution in [0.5, 0.6) is 5.75 Å². The van der Waals surface area contributed by atoms with Gasteiger partial charge in [0, 0.05) is 0 Å². The van der Waals surface area contributed by atoms with Crippen molar-refractivity contribution in [1.29, 1.82) is 5.26 Å². The Hall–Kier alpha value is -3.06. The number of carbonyl (C=O) groups excluding carboxylic acids is 1. The number of ether oxygens (including phenoxy) is 2. The number of hydrogen-bond acceptors (Lipinski definition) is 4. The molecule has 2 rings (SSSR count). The van der Waals surface area contributed by atoms with Crippen LogP contribution in [0.15, 0.2) is 54.1 Å². The summed E-state index contributed by atoms with van der Waals surface area (Å²) in [6.07, 6.45) is 1.50. The molecule has 0 amide bonds.